The van der Waals surface area contributed by atoms with Crippen molar-refractivity contribution in [2.45, 2.75) is 11.4 Å². The molecule has 1 N–H and O–H groups in total. The third-order valence-corrected chi connectivity index (χ3v) is 3.76. The van der Waals surface area contributed by atoms with E-state index in [0.29, 0.717) is 16.3 Å². The molecule has 0 spiro atoms. The number of aromatic nitrogens is 2. The summed E-state index contributed by atoms with van der Waals surface area (Å²) in [6.07, 6.45) is 0.391. The number of nitrogens with zero attached hydrogens (tertiary/aromatic N) is 2. The maximum absolute atomic E-state index is 11.2. The molecule has 3 rings (SSSR count). The zero-order valence-electron chi connectivity index (χ0n) is 6.85. The highest BCUT2D eigenvalue weighted by Gasteiger charge is 2.24. The number of thiophene rings is 1. The van der Waals surface area contributed by atoms with Crippen molar-refractivity contribution in [1.82, 2.24) is 10.2 Å². The van der Waals surface area contributed by atoms with E-state index in [-0.39, 0.29) is 10.2 Å². The van der Waals surface area contributed by atoms with Gasteiger partial charge in [0, 0.05) is 23.4 Å². The number of hydrogen-bond donors (Lipinski definition) is 1. The number of fused-ring (bicyclic) bond motifs is 3. The topological polar surface area (TPSA) is 63.1 Å². The smallest absolute Gasteiger partial charge is 0.199 e. The molecule has 4 nitrogen and oxygen atoms in total. The number of carbonyl (C=O) groups is 1. The minimum Gasteiger partial charge on any atom is -0.499 e. The van der Waals surface area contributed by atoms with Crippen LogP contribution in [0.15, 0.2) is 11.1 Å². The van der Waals surface area contributed by atoms with Crippen LogP contribution in [0.1, 0.15) is 5.56 Å². The standard InChI is InChI=1S/C8H4N2O2S2/c11-5-1-3-4-2-6(12)14-8(4)10-9-7(3)13-5/h1,11H,2H2. The molecule has 2 aromatic rings. The molecule has 0 unspecified atom stereocenters. The lowest BCUT2D eigenvalue weighted by Crippen LogP contribution is -1.89. The van der Waals surface area contributed by atoms with E-state index in [4.69, 9.17) is 0 Å². The van der Waals surface area contributed by atoms with E-state index in [1.54, 1.807) is 6.07 Å². The minimum absolute atomic E-state index is 0.0903. The maximum atomic E-state index is 11.2. The molecule has 6 heteroatoms. The normalized spacial score (nSPS) is 15.0. The van der Waals surface area contributed by atoms with Crippen LogP contribution in [0.2, 0.25) is 0 Å². The SMILES string of the molecule is O=C1Cc2c(nnc3sc(O)cc23)S1. The van der Waals surface area contributed by atoms with Gasteiger partial charge in [-0.2, -0.15) is 0 Å². The molecule has 0 atom stereocenters. The second-order valence-electron chi connectivity index (χ2n) is 2.94. The van der Waals surface area contributed by atoms with Crippen molar-refractivity contribution in [2.24, 2.45) is 0 Å². The highest BCUT2D eigenvalue weighted by atomic mass is 32.2. The first-order valence-corrected chi connectivity index (χ1v) is 5.56. The Labute approximate surface area is 87.0 Å². The Balaban J connectivity index is 2.37. The predicted octanol–water partition coefficient (Wildman–Crippen LogP) is 1.57. The van der Waals surface area contributed by atoms with Crippen LogP contribution in [0.25, 0.3) is 10.2 Å². The minimum atomic E-state index is 0.0903. The van der Waals surface area contributed by atoms with Gasteiger partial charge in [-0.15, -0.1) is 10.2 Å². The van der Waals surface area contributed by atoms with Gasteiger partial charge >= 0.3 is 0 Å². The van der Waals surface area contributed by atoms with E-state index < -0.39 is 0 Å². The Morgan fingerprint density at radius 2 is 2.29 bits per heavy atom. The molecule has 0 bridgehead atoms. The van der Waals surface area contributed by atoms with Gasteiger partial charge in [0.25, 0.3) is 0 Å². The number of thioether (sulfide) groups is 1. The van der Waals surface area contributed by atoms with Crippen LogP contribution >= 0.6 is 23.1 Å². The van der Waals surface area contributed by atoms with E-state index in [9.17, 15) is 9.90 Å². The molecule has 0 radical (unpaired) electrons. The van der Waals surface area contributed by atoms with Gasteiger partial charge < -0.3 is 5.11 Å². The Bertz CT molecular complexity index is 550. The van der Waals surface area contributed by atoms with Crippen LogP contribution in [0.4, 0.5) is 0 Å². The van der Waals surface area contributed by atoms with Crippen molar-refractivity contribution in [3.05, 3.63) is 11.6 Å². The Hall–Kier alpha value is -1.14. The molecule has 1 aliphatic heterocycles. The summed E-state index contributed by atoms with van der Waals surface area (Å²) < 4.78 is 0. The zero-order chi connectivity index (χ0) is 9.71. The quantitative estimate of drug-likeness (QED) is 0.736. The van der Waals surface area contributed by atoms with Crippen LogP contribution in [-0.2, 0) is 11.2 Å². The second kappa shape index (κ2) is 2.68. The largest absolute Gasteiger partial charge is 0.499 e. The fourth-order valence-corrected chi connectivity index (χ4v) is 3.03. The van der Waals surface area contributed by atoms with Gasteiger partial charge in [-0.1, -0.05) is 11.3 Å². The highest BCUT2D eigenvalue weighted by molar-refractivity contribution is 8.14. The molecule has 0 amide bonds. The Kier molecular flexibility index (Phi) is 1.57. The van der Waals surface area contributed by atoms with Crippen molar-refractivity contribution in [2.75, 3.05) is 0 Å². The van der Waals surface area contributed by atoms with E-state index >= 15 is 0 Å². The van der Waals surface area contributed by atoms with Crippen molar-refractivity contribution in [3.63, 3.8) is 0 Å². The zero-order valence-corrected chi connectivity index (χ0v) is 8.48. The van der Waals surface area contributed by atoms with Gasteiger partial charge in [-0.3, -0.25) is 4.79 Å². The first kappa shape index (κ1) is 8.19. The highest BCUT2D eigenvalue weighted by Crippen LogP contribution is 2.38. The van der Waals surface area contributed by atoms with Gasteiger partial charge in [0.2, 0.25) is 0 Å². The third-order valence-electron chi connectivity index (χ3n) is 2.05. The van der Waals surface area contributed by atoms with Crippen molar-refractivity contribution >= 4 is 38.4 Å². The summed E-state index contributed by atoms with van der Waals surface area (Å²) in [6.45, 7) is 0. The Morgan fingerprint density at radius 1 is 1.43 bits per heavy atom. The summed E-state index contributed by atoms with van der Waals surface area (Å²) in [4.78, 5) is 11.9. The summed E-state index contributed by atoms with van der Waals surface area (Å²) in [6, 6.07) is 1.65. The van der Waals surface area contributed by atoms with Gasteiger partial charge in [0.05, 0.1) is 0 Å². The molecular formula is C8H4N2O2S2. The molecule has 1 aliphatic rings. The first-order valence-electron chi connectivity index (χ1n) is 3.93. The number of hydrogen-bond acceptors (Lipinski definition) is 6. The fraction of sp³-hybridized carbons (Fsp3) is 0.125. The predicted molar refractivity (Wildman–Crippen MR) is 53.6 cm³/mol. The molecule has 70 valence electrons. The van der Waals surface area contributed by atoms with Crippen LogP contribution < -0.4 is 0 Å². The molecule has 0 aliphatic carbocycles. The van der Waals surface area contributed by atoms with Gasteiger partial charge in [0.15, 0.2) is 10.2 Å². The van der Waals surface area contributed by atoms with E-state index in [0.717, 1.165) is 22.7 Å². The summed E-state index contributed by atoms with van der Waals surface area (Å²) >= 11 is 2.31. The lowest BCUT2D eigenvalue weighted by Gasteiger charge is -1.94. The molecule has 2 aromatic heterocycles. The average Bonchev–Trinajstić information content (AvgIpc) is 2.65. The van der Waals surface area contributed by atoms with Crippen LogP contribution in [0, 0.1) is 0 Å². The number of rotatable bonds is 0. The fourth-order valence-electron chi connectivity index (χ4n) is 1.47. The van der Waals surface area contributed by atoms with Gasteiger partial charge in [0.1, 0.15) is 9.86 Å². The summed E-state index contributed by atoms with van der Waals surface area (Å²) in [5.74, 6) is 0. The second-order valence-corrected chi connectivity index (χ2v) is 4.99. The van der Waals surface area contributed by atoms with Crippen molar-refractivity contribution < 1.29 is 9.90 Å². The number of aromatic hydroxyl groups is 1. The van der Waals surface area contributed by atoms with E-state index in [2.05, 4.69) is 10.2 Å². The molecule has 3 heterocycles. The average molecular weight is 224 g/mol. The summed E-state index contributed by atoms with van der Waals surface area (Å²) in [5, 5.41) is 19.0. The molecule has 0 saturated heterocycles. The maximum Gasteiger partial charge on any atom is 0.199 e. The van der Waals surface area contributed by atoms with Gasteiger partial charge in [-0.05, 0) is 11.8 Å². The first-order chi connectivity index (χ1) is 6.74. The van der Waals surface area contributed by atoms with Crippen molar-refractivity contribution in [1.29, 1.82) is 0 Å². The van der Waals surface area contributed by atoms with Crippen molar-refractivity contribution in [3.8, 4) is 5.06 Å². The van der Waals surface area contributed by atoms with Gasteiger partial charge in [-0.25, -0.2) is 0 Å². The molecule has 0 aromatic carbocycles. The van der Waals surface area contributed by atoms with Crippen LogP contribution in [0.5, 0.6) is 5.06 Å². The van der Waals surface area contributed by atoms with E-state index in [1.165, 1.54) is 11.3 Å². The lowest BCUT2D eigenvalue weighted by atomic mass is 10.2. The monoisotopic (exact) mass is 224 g/mol. The lowest BCUT2D eigenvalue weighted by molar-refractivity contribution is -0.110. The number of carbonyl (C=O) groups excluding carboxylic acids is 1. The molecular weight excluding hydrogens is 220 g/mol. The van der Waals surface area contributed by atoms with E-state index in [1.807, 2.05) is 0 Å². The molecule has 14 heavy (non-hydrogen) atoms. The van der Waals surface area contributed by atoms with Crippen LogP contribution in [-0.4, -0.2) is 20.4 Å². The van der Waals surface area contributed by atoms with Crippen LogP contribution in [0.3, 0.4) is 0 Å². The molecule has 0 fully saturated rings. The Morgan fingerprint density at radius 3 is 3.14 bits per heavy atom. The summed E-state index contributed by atoms with van der Waals surface area (Å²) in [7, 11) is 0. The summed E-state index contributed by atoms with van der Waals surface area (Å²) in [5.41, 5.74) is 0.904. The third kappa shape index (κ3) is 1.04. The molecule has 0 saturated carbocycles.